The minimum absolute atomic E-state index is 0.170. The van der Waals surface area contributed by atoms with Gasteiger partial charge in [-0.15, -0.1) is 0 Å². The minimum atomic E-state index is -0.477. The first kappa shape index (κ1) is 28.9. The zero-order valence-corrected chi connectivity index (χ0v) is 23.1. The molecule has 0 unspecified atom stereocenters. The van der Waals surface area contributed by atoms with Crippen molar-refractivity contribution in [1.29, 1.82) is 0 Å². The van der Waals surface area contributed by atoms with Gasteiger partial charge in [0.2, 0.25) is 5.95 Å². The average molecular weight is 549 g/mol. The molecule has 0 amide bonds. The van der Waals surface area contributed by atoms with Gasteiger partial charge in [0.15, 0.2) is 11.6 Å². The topological polar surface area (TPSA) is 111 Å². The maximum atomic E-state index is 14.2. The summed E-state index contributed by atoms with van der Waals surface area (Å²) in [7, 11) is 0. The van der Waals surface area contributed by atoms with Gasteiger partial charge < -0.3 is 25.0 Å². The molecule has 0 saturated carbocycles. The number of nitrogens with zero attached hydrogens (tertiary/aromatic N) is 6. The van der Waals surface area contributed by atoms with Crippen molar-refractivity contribution in [2.75, 3.05) is 66.5 Å². The average Bonchev–Trinajstić information content (AvgIpc) is 2.98. The molecular weight excluding hydrogens is 511 g/mol. The Kier molecular flexibility index (Phi) is 10.8. The second kappa shape index (κ2) is 14.9. The summed E-state index contributed by atoms with van der Waals surface area (Å²) in [6.45, 7) is 8.34. The first-order valence-corrected chi connectivity index (χ1v) is 13.5. The van der Waals surface area contributed by atoms with Gasteiger partial charge in [0.05, 0.1) is 43.2 Å². The number of halogens is 1. The second-order valence-corrected chi connectivity index (χ2v) is 9.45. The van der Waals surface area contributed by atoms with Crippen molar-refractivity contribution >= 4 is 35.0 Å². The minimum Gasteiger partial charge on any atom is -0.396 e. The number of ether oxygens (including phenoxy) is 1. The van der Waals surface area contributed by atoms with Gasteiger partial charge in [-0.25, -0.2) is 14.8 Å². The molecule has 2 aromatic heterocycles. The van der Waals surface area contributed by atoms with Crippen LogP contribution in [0.5, 0.6) is 0 Å². The van der Waals surface area contributed by atoms with E-state index >= 15 is 0 Å². The third-order valence-corrected chi connectivity index (χ3v) is 6.34. The van der Waals surface area contributed by atoms with Gasteiger partial charge in [-0.05, 0) is 50.1 Å². The molecule has 10 nitrogen and oxygen atoms in total. The molecular formula is C29H37FN8O2. The van der Waals surface area contributed by atoms with Gasteiger partial charge in [-0.1, -0.05) is 24.6 Å². The Morgan fingerprint density at radius 1 is 1.18 bits per heavy atom. The van der Waals surface area contributed by atoms with E-state index in [2.05, 4.69) is 67.8 Å². The summed E-state index contributed by atoms with van der Waals surface area (Å²) < 4.78 is 19.5. The molecule has 0 aliphatic carbocycles. The van der Waals surface area contributed by atoms with Crippen molar-refractivity contribution < 1.29 is 14.2 Å². The number of nitrogens with one attached hydrogen (secondary N) is 2. The fourth-order valence-corrected chi connectivity index (χ4v) is 4.21. The summed E-state index contributed by atoms with van der Waals surface area (Å²) in [6, 6.07) is 12.1. The van der Waals surface area contributed by atoms with Gasteiger partial charge >= 0.3 is 0 Å². The maximum Gasteiger partial charge on any atom is 0.245 e. The molecule has 3 aromatic rings. The quantitative estimate of drug-likeness (QED) is 0.161. The monoisotopic (exact) mass is 548 g/mol. The first-order valence-electron chi connectivity index (χ1n) is 13.5. The number of morpholine rings is 1. The normalized spacial score (nSPS) is 14.0. The smallest absolute Gasteiger partial charge is 0.245 e. The molecule has 3 heterocycles. The van der Waals surface area contributed by atoms with Crippen LogP contribution < -0.4 is 20.5 Å². The molecule has 3 N–H and O–H groups in total. The fraction of sp³-hybridized carbons (Fsp3) is 0.379. The number of hydrogen-bond donors (Lipinski definition) is 3. The van der Waals surface area contributed by atoms with Crippen LogP contribution in [-0.4, -0.2) is 72.3 Å². The Morgan fingerprint density at radius 3 is 2.77 bits per heavy atom. The van der Waals surface area contributed by atoms with Crippen molar-refractivity contribution in [2.45, 2.75) is 26.7 Å². The lowest BCUT2D eigenvalue weighted by molar-refractivity contribution is 0.122. The van der Waals surface area contributed by atoms with Gasteiger partial charge in [-0.2, -0.15) is 10.1 Å². The molecule has 0 atom stereocenters. The van der Waals surface area contributed by atoms with Crippen LogP contribution >= 0.6 is 0 Å². The summed E-state index contributed by atoms with van der Waals surface area (Å²) >= 11 is 0. The highest BCUT2D eigenvalue weighted by Crippen LogP contribution is 2.23. The van der Waals surface area contributed by atoms with Crippen molar-refractivity contribution in [1.82, 2.24) is 15.0 Å². The van der Waals surface area contributed by atoms with E-state index in [0.29, 0.717) is 38.4 Å². The molecule has 0 radical (unpaired) electrons. The Bertz CT molecular complexity index is 1280. The number of hydrazone groups is 1. The Hall–Kier alpha value is -4.09. The van der Waals surface area contributed by atoms with Crippen LogP contribution in [0.4, 0.5) is 33.2 Å². The van der Waals surface area contributed by atoms with Gasteiger partial charge in [0, 0.05) is 44.2 Å². The summed E-state index contributed by atoms with van der Waals surface area (Å²) in [4.78, 5) is 16.8. The summed E-state index contributed by atoms with van der Waals surface area (Å²) in [5.41, 5.74) is 7.51. The third kappa shape index (κ3) is 8.45. The highest BCUT2D eigenvalue weighted by molar-refractivity contribution is 5.78. The highest BCUT2D eigenvalue weighted by atomic mass is 19.1. The van der Waals surface area contributed by atoms with Crippen LogP contribution in [0.1, 0.15) is 32.4 Å². The van der Waals surface area contributed by atoms with Gasteiger partial charge in [0.1, 0.15) is 0 Å². The van der Waals surface area contributed by atoms with Crippen LogP contribution in [0.25, 0.3) is 0 Å². The number of benzene rings is 1. The Morgan fingerprint density at radius 2 is 2.02 bits per heavy atom. The van der Waals surface area contributed by atoms with Crippen LogP contribution in [0.2, 0.25) is 0 Å². The largest absolute Gasteiger partial charge is 0.396 e. The van der Waals surface area contributed by atoms with Gasteiger partial charge in [0.25, 0.3) is 0 Å². The number of pyridine rings is 1. The third-order valence-electron chi connectivity index (χ3n) is 6.34. The van der Waals surface area contributed by atoms with Crippen LogP contribution in [0.3, 0.4) is 0 Å². The predicted octanol–water partition coefficient (Wildman–Crippen LogP) is 4.58. The van der Waals surface area contributed by atoms with Crippen LogP contribution in [-0.2, 0) is 4.74 Å². The number of aliphatic hydroxyl groups is 1. The molecule has 1 fully saturated rings. The molecule has 1 aliphatic heterocycles. The Labute approximate surface area is 234 Å². The summed E-state index contributed by atoms with van der Waals surface area (Å²) in [5.74, 6) is -0.0389. The lowest BCUT2D eigenvalue weighted by atomic mass is 10.2. The van der Waals surface area contributed by atoms with Crippen molar-refractivity contribution in [3.05, 3.63) is 72.0 Å². The molecule has 1 aliphatic rings. The molecule has 0 spiro atoms. The molecule has 40 heavy (non-hydrogen) atoms. The molecule has 11 heteroatoms. The molecule has 212 valence electrons. The molecule has 1 saturated heterocycles. The predicted molar refractivity (Wildman–Crippen MR) is 158 cm³/mol. The number of hydrogen-bond acceptors (Lipinski definition) is 10. The van der Waals surface area contributed by atoms with E-state index in [0.717, 1.165) is 42.8 Å². The van der Waals surface area contributed by atoms with Crippen LogP contribution in [0, 0.1) is 5.82 Å². The fourth-order valence-electron chi connectivity index (χ4n) is 4.21. The van der Waals surface area contributed by atoms with E-state index in [4.69, 9.17) is 9.84 Å². The van der Waals surface area contributed by atoms with Crippen molar-refractivity contribution in [3.8, 4) is 0 Å². The SMILES string of the molecule is CCCN(C/C=C(\C)CCO)c1cccc(Nc2ccc(/C=N/Nc3ncc(F)c(N4CCOCC4)n3)nc2)c1. The van der Waals surface area contributed by atoms with E-state index in [1.165, 1.54) is 5.57 Å². The zero-order valence-electron chi connectivity index (χ0n) is 23.1. The maximum absolute atomic E-state index is 14.2. The van der Waals surface area contributed by atoms with E-state index in [9.17, 15) is 4.39 Å². The van der Waals surface area contributed by atoms with Gasteiger partial charge in [-0.3, -0.25) is 4.98 Å². The Balaban J connectivity index is 1.35. The van der Waals surface area contributed by atoms with Crippen molar-refractivity contribution in [2.24, 2.45) is 5.10 Å². The highest BCUT2D eigenvalue weighted by Gasteiger charge is 2.17. The molecule has 4 rings (SSSR count). The molecule has 0 bridgehead atoms. The van der Waals surface area contributed by atoms with E-state index in [1.54, 1.807) is 12.4 Å². The summed E-state index contributed by atoms with van der Waals surface area (Å²) in [6.07, 6.45) is 8.34. The lowest BCUT2D eigenvalue weighted by Crippen LogP contribution is -2.37. The molecule has 1 aromatic carbocycles. The first-order chi connectivity index (χ1) is 19.6. The zero-order chi connectivity index (χ0) is 28.2. The lowest BCUT2D eigenvalue weighted by Gasteiger charge is -2.27. The van der Waals surface area contributed by atoms with E-state index in [1.807, 2.05) is 29.2 Å². The number of aliphatic hydroxyl groups excluding tert-OH is 1. The number of anilines is 5. The number of aromatic nitrogens is 3. The summed E-state index contributed by atoms with van der Waals surface area (Å²) in [5, 5.41) is 16.7. The van der Waals surface area contributed by atoms with E-state index in [-0.39, 0.29) is 18.4 Å². The number of rotatable bonds is 13. The standard InChI is InChI=1S/C29H37FN8O2/c1-3-11-37(12-9-22(2)10-15-39)26-6-4-5-23(18-26)34-25-8-7-24(31-19-25)20-33-36-29-32-21-27(30)28(35-29)38-13-16-40-17-14-38/h4-9,18-21,34,39H,3,10-17H2,1-2H3,(H,32,35,36)/b22-9+,33-20+. The van der Waals surface area contributed by atoms with Crippen LogP contribution in [0.15, 0.2) is 65.5 Å². The second-order valence-electron chi connectivity index (χ2n) is 9.45. The van der Waals surface area contributed by atoms with E-state index < -0.39 is 5.82 Å². The van der Waals surface area contributed by atoms with Crippen molar-refractivity contribution in [3.63, 3.8) is 0 Å².